The maximum absolute atomic E-state index is 13.6. The second-order valence-electron chi connectivity index (χ2n) is 4.16. The van der Waals surface area contributed by atoms with Gasteiger partial charge in [0.1, 0.15) is 12.4 Å². The molecule has 0 atom stereocenters. The van der Waals surface area contributed by atoms with Crippen LogP contribution in [-0.4, -0.2) is 18.5 Å². The van der Waals surface area contributed by atoms with Gasteiger partial charge < -0.3 is 14.7 Å². The first-order chi connectivity index (χ1) is 10.2. The Balaban J connectivity index is 2.25. The van der Waals surface area contributed by atoms with Crippen molar-refractivity contribution in [1.29, 1.82) is 0 Å². The van der Waals surface area contributed by atoms with Crippen LogP contribution in [0.1, 0.15) is 11.1 Å². The summed E-state index contributed by atoms with van der Waals surface area (Å²) in [5, 5.41) is 11.6. The summed E-state index contributed by atoms with van der Waals surface area (Å²) >= 11 is 2.08. The van der Waals surface area contributed by atoms with Crippen LogP contribution >= 0.6 is 22.6 Å². The highest BCUT2D eigenvalue weighted by Crippen LogP contribution is 2.34. The van der Waals surface area contributed by atoms with E-state index in [1.807, 2.05) is 0 Å². The van der Waals surface area contributed by atoms with Crippen molar-refractivity contribution in [2.24, 2.45) is 5.16 Å². The zero-order chi connectivity index (χ0) is 15.2. The summed E-state index contributed by atoms with van der Waals surface area (Å²) in [5.74, 6) is 0.708. The van der Waals surface area contributed by atoms with E-state index in [9.17, 15) is 4.39 Å². The minimum Gasteiger partial charge on any atom is -0.493 e. The van der Waals surface area contributed by atoms with E-state index in [1.165, 1.54) is 19.4 Å². The molecule has 0 bridgehead atoms. The SMILES string of the molecule is COc1cc(C=NO)cc(I)c1OCc1ccccc1F. The molecule has 0 aliphatic heterocycles. The van der Waals surface area contributed by atoms with Gasteiger partial charge >= 0.3 is 0 Å². The Hall–Kier alpha value is -1.83. The summed E-state index contributed by atoms with van der Waals surface area (Å²) in [4.78, 5) is 0. The van der Waals surface area contributed by atoms with Gasteiger partial charge in [-0.25, -0.2) is 4.39 Å². The molecule has 0 radical (unpaired) electrons. The molecule has 0 aliphatic carbocycles. The third kappa shape index (κ3) is 3.84. The van der Waals surface area contributed by atoms with E-state index in [4.69, 9.17) is 14.7 Å². The number of halogens is 2. The van der Waals surface area contributed by atoms with E-state index < -0.39 is 0 Å². The maximum atomic E-state index is 13.6. The minimum absolute atomic E-state index is 0.104. The van der Waals surface area contributed by atoms with E-state index in [0.717, 1.165) is 3.57 Å². The van der Waals surface area contributed by atoms with Crippen molar-refractivity contribution in [2.75, 3.05) is 7.11 Å². The van der Waals surface area contributed by atoms with E-state index in [2.05, 4.69) is 27.7 Å². The predicted octanol–water partition coefficient (Wildman–Crippen LogP) is 3.83. The van der Waals surface area contributed by atoms with E-state index in [-0.39, 0.29) is 12.4 Å². The van der Waals surface area contributed by atoms with Gasteiger partial charge in [-0.3, -0.25) is 0 Å². The summed E-state index contributed by atoms with van der Waals surface area (Å²) in [6.07, 6.45) is 1.30. The highest BCUT2D eigenvalue weighted by Gasteiger charge is 2.12. The van der Waals surface area contributed by atoms with Gasteiger partial charge in [0.15, 0.2) is 11.5 Å². The molecule has 2 rings (SSSR count). The van der Waals surface area contributed by atoms with Crippen molar-refractivity contribution < 1.29 is 19.1 Å². The normalized spacial score (nSPS) is 10.8. The van der Waals surface area contributed by atoms with Crippen molar-refractivity contribution in [3.05, 3.63) is 56.9 Å². The van der Waals surface area contributed by atoms with Crippen LogP contribution in [0.15, 0.2) is 41.6 Å². The van der Waals surface area contributed by atoms with Crippen molar-refractivity contribution in [1.82, 2.24) is 0 Å². The fourth-order valence-corrected chi connectivity index (χ4v) is 2.57. The molecule has 0 aliphatic rings. The first-order valence-electron chi connectivity index (χ1n) is 6.07. The predicted molar refractivity (Wildman–Crippen MR) is 85.8 cm³/mol. The molecular weight excluding hydrogens is 388 g/mol. The summed E-state index contributed by atoms with van der Waals surface area (Å²) in [5.41, 5.74) is 1.15. The molecule has 0 spiro atoms. The lowest BCUT2D eigenvalue weighted by atomic mass is 10.2. The van der Waals surface area contributed by atoms with Gasteiger partial charge in [-0.15, -0.1) is 0 Å². The van der Waals surface area contributed by atoms with Crippen LogP contribution in [0.5, 0.6) is 11.5 Å². The van der Waals surface area contributed by atoms with Crippen LogP contribution in [0.3, 0.4) is 0 Å². The average Bonchev–Trinajstić information content (AvgIpc) is 2.47. The highest BCUT2D eigenvalue weighted by atomic mass is 127. The lowest BCUT2D eigenvalue weighted by molar-refractivity contribution is 0.277. The zero-order valence-corrected chi connectivity index (χ0v) is 13.4. The van der Waals surface area contributed by atoms with Crippen LogP contribution in [0.4, 0.5) is 4.39 Å². The molecule has 0 aromatic heterocycles. The molecule has 0 fully saturated rings. The highest BCUT2D eigenvalue weighted by molar-refractivity contribution is 14.1. The number of hydrogen-bond donors (Lipinski definition) is 1. The van der Waals surface area contributed by atoms with Gasteiger partial charge in [0.05, 0.1) is 16.9 Å². The van der Waals surface area contributed by atoms with Crippen LogP contribution < -0.4 is 9.47 Å². The van der Waals surface area contributed by atoms with Crippen molar-refractivity contribution in [3.63, 3.8) is 0 Å². The van der Waals surface area contributed by atoms with Crippen molar-refractivity contribution in [2.45, 2.75) is 6.61 Å². The largest absolute Gasteiger partial charge is 0.493 e. The fraction of sp³-hybridized carbons (Fsp3) is 0.133. The van der Waals surface area contributed by atoms with Gasteiger partial charge in [0.2, 0.25) is 0 Å². The number of oxime groups is 1. The van der Waals surface area contributed by atoms with E-state index in [1.54, 1.807) is 30.3 Å². The van der Waals surface area contributed by atoms with Gasteiger partial charge in [0, 0.05) is 11.1 Å². The van der Waals surface area contributed by atoms with Gasteiger partial charge in [-0.1, -0.05) is 23.4 Å². The number of nitrogens with zero attached hydrogens (tertiary/aromatic N) is 1. The van der Waals surface area contributed by atoms with Gasteiger partial charge in [-0.2, -0.15) is 0 Å². The molecule has 6 heteroatoms. The number of ether oxygens (including phenoxy) is 2. The molecule has 4 nitrogen and oxygen atoms in total. The molecule has 2 aromatic rings. The quantitative estimate of drug-likeness (QED) is 0.359. The number of methoxy groups -OCH3 is 1. The molecule has 0 unspecified atom stereocenters. The Kier molecular flexibility index (Phi) is 5.38. The monoisotopic (exact) mass is 401 g/mol. The summed E-state index contributed by atoms with van der Waals surface area (Å²) in [7, 11) is 1.52. The van der Waals surface area contributed by atoms with E-state index >= 15 is 0 Å². The van der Waals surface area contributed by atoms with Gasteiger partial charge in [-0.05, 0) is 40.8 Å². The maximum Gasteiger partial charge on any atom is 0.174 e. The first-order valence-corrected chi connectivity index (χ1v) is 7.14. The smallest absolute Gasteiger partial charge is 0.174 e. The van der Waals surface area contributed by atoms with Gasteiger partial charge in [0.25, 0.3) is 0 Å². The average molecular weight is 401 g/mol. The van der Waals surface area contributed by atoms with Crippen LogP contribution in [0.25, 0.3) is 0 Å². The van der Waals surface area contributed by atoms with Crippen molar-refractivity contribution in [3.8, 4) is 11.5 Å². The Morgan fingerprint density at radius 1 is 1.33 bits per heavy atom. The Morgan fingerprint density at radius 2 is 2.10 bits per heavy atom. The molecule has 2 aromatic carbocycles. The third-order valence-corrected chi connectivity index (χ3v) is 3.59. The first kappa shape index (κ1) is 15.6. The zero-order valence-electron chi connectivity index (χ0n) is 11.2. The number of hydrogen-bond acceptors (Lipinski definition) is 4. The lowest BCUT2D eigenvalue weighted by Gasteiger charge is -2.13. The topological polar surface area (TPSA) is 51.0 Å². The number of rotatable bonds is 5. The molecule has 0 heterocycles. The summed E-state index contributed by atoms with van der Waals surface area (Å²) < 4.78 is 25.3. The molecule has 0 amide bonds. The molecule has 110 valence electrons. The van der Waals surface area contributed by atoms with E-state index in [0.29, 0.717) is 22.6 Å². The molecule has 0 saturated heterocycles. The van der Waals surface area contributed by atoms with Crippen LogP contribution in [0, 0.1) is 9.39 Å². The van der Waals surface area contributed by atoms with Crippen LogP contribution in [-0.2, 0) is 6.61 Å². The summed E-state index contributed by atoms with van der Waals surface area (Å²) in [6.45, 7) is 0.104. The number of benzene rings is 2. The molecule has 21 heavy (non-hydrogen) atoms. The second-order valence-corrected chi connectivity index (χ2v) is 5.32. The Morgan fingerprint density at radius 3 is 2.76 bits per heavy atom. The molecule has 0 saturated carbocycles. The third-order valence-electron chi connectivity index (χ3n) is 2.79. The minimum atomic E-state index is -0.310. The second kappa shape index (κ2) is 7.26. The Labute approximate surface area is 135 Å². The lowest BCUT2D eigenvalue weighted by Crippen LogP contribution is -2.02. The molecular formula is C15H13FINO3. The fourth-order valence-electron chi connectivity index (χ4n) is 1.79. The Bertz CT molecular complexity index is 661. The molecule has 1 N–H and O–H groups in total. The summed E-state index contributed by atoms with van der Waals surface area (Å²) in [6, 6.07) is 9.90. The van der Waals surface area contributed by atoms with Crippen molar-refractivity contribution >= 4 is 28.8 Å². The standard InChI is InChI=1S/C15H13FINO3/c1-20-14-7-10(8-18-19)6-13(17)15(14)21-9-11-4-2-3-5-12(11)16/h2-8,19H,9H2,1H3. The van der Waals surface area contributed by atoms with Crippen LogP contribution in [0.2, 0.25) is 0 Å².